The Labute approximate surface area is 123 Å². The summed E-state index contributed by atoms with van der Waals surface area (Å²) in [4.78, 5) is 19.2. The molecule has 7 heteroatoms. The molecule has 0 saturated carbocycles. The van der Waals surface area contributed by atoms with Crippen LogP contribution in [-0.4, -0.2) is 47.0 Å². The molecule has 1 aromatic rings. The zero-order chi connectivity index (χ0) is 14.7. The Morgan fingerprint density at radius 2 is 2.20 bits per heavy atom. The van der Waals surface area contributed by atoms with Crippen molar-refractivity contribution in [3.63, 3.8) is 0 Å². The second-order valence-corrected chi connectivity index (χ2v) is 5.23. The lowest BCUT2D eigenvalue weighted by Crippen LogP contribution is -2.37. The molecule has 110 valence electrons. The third-order valence-electron chi connectivity index (χ3n) is 3.81. The van der Waals surface area contributed by atoms with Gasteiger partial charge in [-0.1, -0.05) is 25.4 Å². The molecule has 1 aliphatic rings. The van der Waals surface area contributed by atoms with E-state index in [1.54, 1.807) is 0 Å². The molecule has 1 saturated heterocycles. The van der Waals surface area contributed by atoms with Crippen LogP contribution in [0.4, 0.5) is 11.5 Å². The number of likely N-dealkylation sites (N-methyl/N-ethyl adjacent to an activating group) is 1. The maximum absolute atomic E-state index is 11.1. The molecule has 0 amide bonds. The summed E-state index contributed by atoms with van der Waals surface area (Å²) in [5.74, 6) is 0.386. The first kappa shape index (κ1) is 15.0. The van der Waals surface area contributed by atoms with E-state index in [1.165, 1.54) is 12.1 Å². The molecular formula is C13H19ClN4O2. The van der Waals surface area contributed by atoms with Gasteiger partial charge < -0.3 is 4.90 Å². The van der Waals surface area contributed by atoms with Gasteiger partial charge in [0.15, 0.2) is 0 Å². The van der Waals surface area contributed by atoms with Gasteiger partial charge in [-0.25, -0.2) is 4.98 Å². The fourth-order valence-corrected chi connectivity index (χ4v) is 2.91. The quantitative estimate of drug-likeness (QED) is 0.475. The van der Waals surface area contributed by atoms with E-state index in [1.807, 2.05) is 4.90 Å². The number of nitrogens with zero attached hydrogens (tertiary/aromatic N) is 4. The monoisotopic (exact) mass is 298 g/mol. The van der Waals surface area contributed by atoms with Crippen molar-refractivity contribution in [3.05, 3.63) is 27.4 Å². The van der Waals surface area contributed by atoms with Gasteiger partial charge in [-0.15, -0.1) is 0 Å². The van der Waals surface area contributed by atoms with Crippen LogP contribution in [0, 0.1) is 10.1 Å². The number of rotatable bonds is 5. The Hall–Kier alpha value is -1.40. The molecule has 2 rings (SSSR count). The first-order valence-electron chi connectivity index (χ1n) is 6.86. The Bertz CT molecular complexity index is 493. The van der Waals surface area contributed by atoms with Crippen molar-refractivity contribution in [2.75, 3.05) is 31.1 Å². The normalized spacial score (nSPS) is 18.8. The van der Waals surface area contributed by atoms with E-state index in [9.17, 15) is 10.1 Å². The summed E-state index contributed by atoms with van der Waals surface area (Å²) in [7, 11) is 0. The highest BCUT2D eigenvalue weighted by molar-refractivity contribution is 6.29. The van der Waals surface area contributed by atoms with Crippen molar-refractivity contribution in [2.45, 2.75) is 26.3 Å². The summed E-state index contributed by atoms with van der Waals surface area (Å²) < 4.78 is 0. The molecule has 1 aromatic heterocycles. The van der Waals surface area contributed by atoms with Gasteiger partial charge in [0.1, 0.15) is 5.15 Å². The third kappa shape index (κ3) is 3.02. The number of halogens is 1. The summed E-state index contributed by atoms with van der Waals surface area (Å²) in [5.41, 5.74) is 0.0228. The zero-order valence-corrected chi connectivity index (χ0v) is 12.5. The molecule has 1 fully saturated rings. The molecule has 1 unspecified atom stereocenters. The fraction of sp³-hybridized carbons (Fsp3) is 0.615. The van der Waals surface area contributed by atoms with Gasteiger partial charge in [-0.2, -0.15) is 0 Å². The number of pyridine rings is 1. The second-order valence-electron chi connectivity index (χ2n) is 4.84. The Morgan fingerprint density at radius 1 is 1.50 bits per heavy atom. The third-order valence-corrected chi connectivity index (χ3v) is 4.02. The molecule has 20 heavy (non-hydrogen) atoms. The van der Waals surface area contributed by atoms with Crippen LogP contribution in [0.5, 0.6) is 0 Å². The topological polar surface area (TPSA) is 62.5 Å². The Kier molecular flexibility index (Phi) is 4.77. The summed E-state index contributed by atoms with van der Waals surface area (Å²) in [6.07, 6.45) is 0.993. The van der Waals surface area contributed by atoms with Crippen LogP contribution in [0.3, 0.4) is 0 Å². The van der Waals surface area contributed by atoms with Crippen LogP contribution in [0.25, 0.3) is 0 Å². The lowest BCUT2D eigenvalue weighted by Gasteiger charge is -2.26. The molecule has 1 aliphatic heterocycles. The Morgan fingerprint density at radius 3 is 2.80 bits per heavy atom. The lowest BCUT2D eigenvalue weighted by atomic mass is 10.2. The summed E-state index contributed by atoms with van der Waals surface area (Å²) in [6.45, 7) is 7.77. The molecule has 2 heterocycles. The zero-order valence-electron chi connectivity index (χ0n) is 11.8. The van der Waals surface area contributed by atoms with Crippen LogP contribution in [0.15, 0.2) is 12.1 Å². The number of aromatic nitrogens is 1. The fourth-order valence-electron chi connectivity index (χ4n) is 2.77. The average molecular weight is 299 g/mol. The number of anilines is 1. The number of hydrogen-bond acceptors (Lipinski definition) is 5. The molecule has 0 aromatic carbocycles. The molecule has 1 atom stereocenters. The van der Waals surface area contributed by atoms with E-state index in [4.69, 9.17) is 11.6 Å². The minimum atomic E-state index is -0.399. The molecule has 0 spiro atoms. The first-order chi connectivity index (χ1) is 9.56. The maximum Gasteiger partial charge on any atom is 0.311 e. The highest BCUT2D eigenvalue weighted by atomic mass is 35.5. The van der Waals surface area contributed by atoms with E-state index in [0.29, 0.717) is 11.9 Å². The van der Waals surface area contributed by atoms with Crippen molar-refractivity contribution >= 4 is 23.1 Å². The van der Waals surface area contributed by atoms with Gasteiger partial charge in [0.2, 0.25) is 5.82 Å². The van der Waals surface area contributed by atoms with Crippen LogP contribution < -0.4 is 4.90 Å². The van der Waals surface area contributed by atoms with Crippen molar-refractivity contribution in [3.8, 4) is 0 Å². The van der Waals surface area contributed by atoms with Gasteiger partial charge in [-0.05, 0) is 25.6 Å². The highest BCUT2D eigenvalue weighted by Gasteiger charge is 2.31. The molecule has 0 radical (unpaired) electrons. The van der Waals surface area contributed by atoms with Crippen molar-refractivity contribution in [1.29, 1.82) is 0 Å². The second kappa shape index (κ2) is 6.37. The van der Waals surface area contributed by atoms with Crippen molar-refractivity contribution in [2.24, 2.45) is 0 Å². The highest BCUT2D eigenvalue weighted by Crippen LogP contribution is 2.31. The standard InChI is InChI=1S/C13H19ClN4O2/c1-3-16(4-2)10-7-8-17(9-10)13-11(18(19)20)5-6-12(14)15-13/h5-6,10H,3-4,7-9H2,1-2H3. The largest absolute Gasteiger partial charge is 0.349 e. The predicted octanol–water partition coefficient (Wildman–Crippen LogP) is 2.56. The van der Waals surface area contributed by atoms with E-state index in [0.717, 1.165) is 32.6 Å². The summed E-state index contributed by atoms with van der Waals surface area (Å²) in [5, 5.41) is 11.4. The summed E-state index contributed by atoms with van der Waals surface area (Å²) in [6, 6.07) is 3.31. The molecule has 0 N–H and O–H groups in total. The van der Waals surface area contributed by atoms with Crippen LogP contribution in [0.2, 0.25) is 5.15 Å². The minimum absolute atomic E-state index is 0.0228. The Balaban J connectivity index is 2.21. The molecule has 6 nitrogen and oxygen atoms in total. The summed E-state index contributed by atoms with van der Waals surface area (Å²) >= 11 is 5.88. The lowest BCUT2D eigenvalue weighted by molar-refractivity contribution is -0.384. The van der Waals surface area contributed by atoms with E-state index in [2.05, 4.69) is 23.7 Å². The molecular weight excluding hydrogens is 280 g/mol. The first-order valence-corrected chi connectivity index (χ1v) is 7.24. The smallest absolute Gasteiger partial charge is 0.311 e. The minimum Gasteiger partial charge on any atom is -0.349 e. The van der Waals surface area contributed by atoms with Gasteiger partial charge in [0.05, 0.1) is 4.92 Å². The number of hydrogen-bond donors (Lipinski definition) is 0. The van der Waals surface area contributed by atoms with Gasteiger partial charge in [-0.3, -0.25) is 15.0 Å². The van der Waals surface area contributed by atoms with Crippen molar-refractivity contribution < 1.29 is 4.92 Å². The number of nitro groups is 1. The van der Waals surface area contributed by atoms with Crippen molar-refractivity contribution in [1.82, 2.24) is 9.88 Å². The van der Waals surface area contributed by atoms with E-state index < -0.39 is 4.92 Å². The SMILES string of the molecule is CCN(CC)C1CCN(c2nc(Cl)ccc2[N+](=O)[O-])C1. The van der Waals surface area contributed by atoms with Crippen LogP contribution >= 0.6 is 11.6 Å². The van der Waals surface area contributed by atoms with Crippen LogP contribution in [0.1, 0.15) is 20.3 Å². The predicted molar refractivity (Wildman–Crippen MR) is 79.4 cm³/mol. The van der Waals surface area contributed by atoms with E-state index in [-0.39, 0.29) is 10.8 Å². The van der Waals surface area contributed by atoms with Crippen LogP contribution in [-0.2, 0) is 0 Å². The molecule has 0 bridgehead atoms. The average Bonchev–Trinajstić information content (AvgIpc) is 2.89. The van der Waals surface area contributed by atoms with Gasteiger partial charge >= 0.3 is 5.69 Å². The maximum atomic E-state index is 11.1. The van der Waals surface area contributed by atoms with Gasteiger partial charge in [0.25, 0.3) is 0 Å². The van der Waals surface area contributed by atoms with E-state index >= 15 is 0 Å². The molecule has 0 aliphatic carbocycles. The van der Waals surface area contributed by atoms with Gasteiger partial charge in [0, 0.05) is 25.2 Å².